The van der Waals surface area contributed by atoms with Crippen molar-refractivity contribution in [1.29, 1.82) is 0 Å². The molecule has 6 nitrogen and oxygen atoms in total. The average molecular weight is 980 g/mol. The monoisotopic (exact) mass is 979 g/mol. The van der Waals surface area contributed by atoms with Crippen LogP contribution in [0, 0.1) is 0 Å². The van der Waals surface area contributed by atoms with Crippen LogP contribution in [0.25, 0.3) is 0 Å². The lowest BCUT2D eigenvalue weighted by Gasteiger charge is -2.18. The Kier molecular flexibility index (Phi) is 56.3. The van der Waals surface area contributed by atoms with Gasteiger partial charge >= 0.3 is 17.9 Å². The minimum Gasteiger partial charge on any atom is -0.462 e. The van der Waals surface area contributed by atoms with Crippen molar-refractivity contribution >= 4 is 17.9 Å². The van der Waals surface area contributed by atoms with Gasteiger partial charge in [0.15, 0.2) is 6.10 Å². The van der Waals surface area contributed by atoms with Gasteiger partial charge in [-0.15, -0.1) is 0 Å². The summed E-state index contributed by atoms with van der Waals surface area (Å²) in [4.78, 5) is 38.0. The molecule has 0 amide bonds. The van der Waals surface area contributed by atoms with E-state index in [0.717, 1.165) is 70.6 Å². The Balaban J connectivity index is 4.20. The van der Waals surface area contributed by atoms with Crippen LogP contribution >= 0.6 is 0 Å². The number of esters is 3. The highest BCUT2D eigenvalue weighted by Crippen LogP contribution is 2.17. The highest BCUT2D eigenvalue weighted by atomic mass is 16.6. The van der Waals surface area contributed by atoms with Gasteiger partial charge < -0.3 is 14.2 Å². The normalized spacial score (nSPS) is 12.4. The molecular formula is C64H114O6. The van der Waals surface area contributed by atoms with Crippen LogP contribution in [0.4, 0.5) is 0 Å². The molecular weight excluding hydrogens is 865 g/mol. The van der Waals surface area contributed by atoms with E-state index in [1.165, 1.54) is 193 Å². The van der Waals surface area contributed by atoms with Crippen LogP contribution in [0.5, 0.6) is 0 Å². The second-order valence-corrected chi connectivity index (χ2v) is 20.2. The molecule has 0 saturated heterocycles. The van der Waals surface area contributed by atoms with E-state index in [9.17, 15) is 14.4 Å². The summed E-state index contributed by atoms with van der Waals surface area (Å²) in [6.07, 6.45) is 74.0. The third-order valence-corrected chi connectivity index (χ3v) is 13.3. The highest BCUT2D eigenvalue weighted by molar-refractivity contribution is 5.71. The number of ether oxygens (including phenoxy) is 3. The Morgan fingerprint density at radius 1 is 0.300 bits per heavy atom. The Labute approximate surface area is 434 Å². The summed E-state index contributed by atoms with van der Waals surface area (Å²) in [6, 6.07) is 0. The van der Waals surface area contributed by atoms with E-state index in [1.54, 1.807) is 0 Å². The molecule has 0 aliphatic rings. The van der Waals surface area contributed by atoms with Crippen LogP contribution in [0.1, 0.15) is 310 Å². The van der Waals surface area contributed by atoms with Crippen molar-refractivity contribution in [2.75, 3.05) is 13.2 Å². The number of unbranched alkanes of at least 4 members (excludes halogenated alkanes) is 34. The van der Waals surface area contributed by atoms with E-state index < -0.39 is 6.10 Å². The molecule has 0 N–H and O–H groups in total. The number of allylic oxidation sites excluding steroid dienone is 10. The van der Waals surface area contributed by atoms with Crippen molar-refractivity contribution in [3.63, 3.8) is 0 Å². The number of carbonyl (C=O) groups is 3. The summed E-state index contributed by atoms with van der Waals surface area (Å²) in [5, 5.41) is 0. The molecule has 1 unspecified atom stereocenters. The SMILES string of the molecule is CC/C=C\C/C=C\C/C=C\C/C=C\CCC(=O)OC(COC(=O)CCCCCCC/C=C\CCCCC)COC(=O)CCCCCCCCCCCCCCCCCCCCCCCCCCCCC. The quantitative estimate of drug-likeness (QED) is 0.0261. The molecule has 406 valence electrons. The van der Waals surface area contributed by atoms with E-state index >= 15 is 0 Å². The summed E-state index contributed by atoms with van der Waals surface area (Å²) in [7, 11) is 0. The molecule has 0 saturated carbocycles. The van der Waals surface area contributed by atoms with E-state index in [0.29, 0.717) is 19.3 Å². The largest absolute Gasteiger partial charge is 0.462 e. The van der Waals surface area contributed by atoms with Crippen LogP contribution < -0.4 is 0 Å². The fourth-order valence-electron chi connectivity index (χ4n) is 8.75. The fraction of sp³-hybridized carbons (Fsp3) is 0.797. The zero-order valence-electron chi connectivity index (χ0n) is 46.5. The topological polar surface area (TPSA) is 78.9 Å². The van der Waals surface area contributed by atoms with E-state index in [2.05, 4.69) is 75.5 Å². The van der Waals surface area contributed by atoms with E-state index in [1.807, 2.05) is 6.08 Å². The minimum absolute atomic E-state index is 0.103. The Bertz CT molecular complexity index is 1260. The number of carbonyl (C=O) groups excluding carboxylic acids is 3. The number of hydrogen-bond donors (Lipinski definition) is 0. The summed E-state index contributed by atoms with van der Waals surface area (Å²) in [5.41, 5.74) is 0. The standard InChI is InChI=1S/C64H114O6/c1-4-7-10-13-16-19-22-25-26-27-28-29-30-31-32-33-34-35-36-37-38-40-42-45-48-51-54-57-63(66)69-60-61(59-68-62(65)56-53-50-47-44-41-24-21-18-15-12-9-6-3)70-64(67)58-55-52-49-46-43-39-23-20-17-14-11-8-5-2/h8,11,17-18,20-21,39,43,49,52,61H,4-7,9-10,12-16,19,22-38,40-42,44-48,50-51,53-60H2,1-3H3/b11-8-,20-17-,21-18-,43-39-,52-49-. The van der Waals surface area contributed by atoms with Gasteiger partial charge in [-0.2, -0.15) is 0 Å². The molecule has 70 heavy (non-hydrogen) atoms. The first-order chi connectivity index (χ1) is 34.5. The van der Waals surface area contributed by atoms with Crippen LogP contribution in [0.3, 0.4) is 0 Å². The van der Waals surface area contributed by atoms with Crippen molar-refractivity contribution in [2.45, 2.75) is 316 Å². The van der Waals surface area contributed by atoms with Crippen LogP contribution in [-0.2, 0) is 28.6 Å². The van der Waals surface area contributed by atoms with Gasteiger partial charge in [-0.25, -0.2) is 0 Å². The average Bonchev–Trinajstić information content (AvgIpc) is 3.36. The Morgan fingerprint density at radius 2 is 0.586 bits per heavy atom. The molecule has 6 heteroatoms. The van der Waals surface area contributed by atoms with Gasteiger partial charge in [0.05, 0.1) is 0 Å². The van der Waals surface area contributed by atoms with Gasteiger partial charge in [0.1, 0.15) is 13.2 Å². The maximum Gasteiger partial charge on any atom is 0.306 e. The molecule has 0 heterocycles. The first-order valence-electron chi connectivity index (χ1n) is 30.3. The van der Waals surface area contributed by atoms with Gasteiger partial charge in [-0.05, 0) is 70.6 Å². The Hall–Kier alpha value is -2.89. The lowest BCUT2D eigenvalue weighted by molar-refractivity contribution is -0.166. The number of rotatable bonds is 55. The third-order valence-electron chi connectivity index (χ3n) is 13.3. The molecule has 1 atom stereocenters. The van der Waals surface area contributed by atoms with Gasteiger partial charge in [0.2, 0.25) is 0 Å². The molecule has 0 radical (unpaired) electrons. The lowest BCUT2D eigenvalue weighted by Crippen LogP contribution is -2.30. The van der Waals surface area contributed by atoms with E-state index in [-0.39, 0.29) is 37.5 Å². The summed E-state index contributed by atoms with van der Waals surface area (Å²) in [6.45, 7) is 6.46. The second-order valence-electron chi connectivity index (χ2n) is 20.2. The first-order valence-corrected chi connectivity index (χ1v) is 30.3. The molecule has 0 fully saturated rings. The van der Waals surface area contributed by atoms with Gasteiger partial charge in [-0.1, -0.05) is 281 Å². The molecule has 0 bridgehead atoms. The molecule has 0 aliphatic heterocycles. The minimum atomic E-state index is -0.813. The third kappa shape index (κ3) is 56.0. The van der Waals surface area contributed by atoms with Crippen molar-refractivity contribution in [1.82, 2.24) is 0 Å². The molecule has 0 rings (SSSR count). The van der Waals surface area contributed by atoms with Crippen LogP contribution in [0.15, 0.2) is 60.8 Å². The molecule has 0 aromatic carbocycles. The van der Waals surface area contributed by atoms with Gasteiger partial charge in [0.25, 0.3) is 0 Å². The summed E-state index contributed by atoms with van der Waals surface area (Å²) < 4.78 is 16.8. The molecule has 0 spiro atoms. The molecule has 0 aliphatic carbocycles. The number of hydrogen-bond acceptors (Lipinski definition) is 6. The van der Waals surface area contributed by atoms with Crippen molar-refractivity contribution in [3.8, 4) is 0 Å². The Morgan fingerprint density at radius 3 is 0.957 bits per heavy atom. The van der Waals surface area contributed by atoms with Crippen LogP contribution in [0.2, 0.25) is 0 Å². The fourth-order valence-corrected chi connectivity index (χ4v) is 8.75. The van der Waals surface area contributed by atoms with E-state index in [4.69, 9.17) is 14.2 Å². The zero-order valence-corrected chi connectivity index (χ0v) is 46.5. The molecule has 0 aromatic rings. The van der Waals surface area contributed by atoms with Gasteiger partial charge in [0, 0.05) is 19.3 Å². The molecule has 0 aromatic heterocycles. The summed E-state index contributed by atoms with van der Waals surface area (Å²) in [5.74, 6) is -0.984. The van der Waals surface area contributed by atoms with Crippen LogP contribution in [-0.4, -0.2) is 37.2 Å². The lowest BCUT2D eigenvalue weighted by atomic mass is 10.0. The van der Waals surface area contributed by atoms with Crippen molar-refractivity contribution < 1.29 is 28.6 Å². The maximum atomic E-state index is 12.8. The van der Waals surface area contributed by atoms with Crippen molar-refractivity contribution in [2.24, 2.45) is 0 Å². The second kappa shape index (κ2) is 58.7. The highest BCUT2D eigenvalue weighted by Gasteiger charge is 2.19. The predicted molar refractivity (Wildman–Crippen MR) is 302 cm³/mol. The van der Waals surface area contributed by atoms with Gasteiger partial charge in [-0.3, -0.25) is 14.4 Å². The summed E-state index contributed by atoms with van der Waals surface area (Å²) >= 11 is 0. The zero-order chi connectivity index (χ0) is 50.7. The first kappa shape index (κ1) is 67.1. The maximum absolute atomic E-state index is 12.8. The smallest absolute Gasteiger partial charge is 0.306 e. The van der Waals surface area contributed by atoms with Crippen molar-refractivity contribution in [3.05, 3.63) is 60.8 Å². The predicted octanol–water partition coefficient (Wildman–Crippen LogP) is 20.4.